The molecule has 2 rings (SSSR count). The van der Waals surface area contributed by atoms with Crippen LogP contribution in [0.2, 0.25) is 0 Å². The second-order valence-electron chi connectivity index (χ2n) is 6.30. The second kappa shape index (κ2) is 7.04. The summed E-state index contributed by atoms with van der Waals surface area (Å²) in [7, 11) is 0. The van der Waals surface area contributed by atoms with Gasteiger partial charge in [0.05, 0.1) is 6.04 Å². The Morgan fingerprint density at radius 1 is 1.26 bits per heavy atom. The minimum atomic E-state index is -2.85. The molecule has 1 atom stereocenters. The number of ether oxygens (including phenoxy) is 1. The molecule has 1 unspecified atom stereocenters. The molecule has 0 aliphatic carbocycles. The van der Waals surface area contributed by atoms with Crippen molar-refractivity contribution < 1.29 is 18.0 Å². The van der Waals surface area contributed by atoms with E-state index in [0.717, 1.165) is 0 Å². The van der Waals surface area contributed by atoms with E-state index in [-0.39, 0.29) is 17.2 Å². The number of hydrogen-bond acceptors (Lipinski definition) is 5. The number of hydrogen-bond donors (Lipinski definition) is 1. The molecule has 0 amide bonds. The van der Waals surface area contributed by atoms with Crippen LogP contribution in [0.25, 0.3) is 0 Å². The van der Waals surface area contributed by atoms with E-state index in [4.69, 9.17) is 4.52 Å². The number of benzene rings is 1. The van der Waals surface area contributed by atoms with E-state index in [9.17, 15) is 8.78 Å². The predicted molar refractivity (Wildman–Crippen MR) is 81.3 cm³/mol. The number of aromatic nitrogens is 2. The molecule has 126 valence electrons. The van der Waals surface area contributed by atoms with Crippen LogP contribution in [-0.4, -0.2) is 16.8 Å². The molecule has 0 aliphatic rings. The Kier molecular flexibility index (Phi) is 5.30. The number of halogens is 2. The minimum Gasteiger partial charge on any atom is -0.434 e. The highest BCUT2D eigenvalue weighted by Gasteiger charge is 2.23. The van der Waals surface area contributed by atoms with Crippen LogP contribution in [0.5, 0.6) is 5.75 Å². The van der Waals surface area contributed by atoms with Crippen LogP contribution < -0.4 is 10.1 Å². The maximum atomic E-state index is 12.4. The molecule has 0 aliphatic heterocycles. The Balaban J connectivity index is 2.02. The summed E-state index contributed by atoms with van der Waals surface area (Å²) in [6, 6.07) is 6.45. The first kappa shape index (κ1) is 17.3. The number of para-hydroxylation sites is 1. The van der Waals surface area contributed by atoms with Crippen molar-refractivity contribution >= 4 is 0 Å². The van der Waals surface area contributed by atoms with Crippen LogP contribution in [0, 0.1) is 0 Å². The van der Waals surface area contributed by atoms with Crippen molar-refractivity contribution in [2.45, 2.75) is 52.3 Å². The molecular weight excluding hydrogens is 304 g/mol. The molecule has 1 heterocycles. The predicted octanol–water partition coefficient (Wildman–Crippen LogP) is 3.82. The fourth-order valence-corrected chi connectivity index (χ4v) is 1.93. The maximum absolute atomic E-state index is 12.4. The van der Waals surface area contributed by atoms with Gasteiger partial charge in [0, 0.05) is 17.5 Å². The summed E-state index contributed by atoms with van der Waals surface area (Å²) in [5, 5.41) is 7.14. The largest absolute Gasteiger partial charge is 0.434 e. The molecule has 5 nitrogen and oxygen atoms in total. The Bertz CT molecular complexity index is 638. The van der Waals surface area contributed by atoms with Crippen LogP contribution in [0.3, 0.4) is 0 Å². The summed E-state index contributed by atoms with van der Waals surface area (Å²) in [5.74, 6) is 1.24. The lowest BCUT2D eigenvalue weighted by atomic mass is 9.96. The number of nitrogens with one attached hydrogen (secondary N) is 1. The van der Waals surface area contributed by atoms with E-state index in [1.807, 2.05) is 27.7 Å². The van der Waals surface area contributed by atoms with Crippen LogP contribution in [0.1, 0.15) is 51.0 Å². The Hall–Kier alpha value is -2.02. The Labute approximate surface area is 134 Å². The van der Waals surface area contributed by atoms with Gasteiger partial charge in [-0.2, -0.15) is 13.8 Å². The minimum absolute atomic E-state index is 0.156. The van der Waals surface area contributed by atoms with Gasteiger partial charge in [-0.05, 0) is 13.0 Å². The summed E-state index contributed by atoms with van der Waals surface area (Å²) in [6.45, 7) is 5.36. The molecule has 2 aromatic rings. The summed E-state index contributed by atoms with van der Waals surface area (Å²) < 4.78 is 34.6. The molecule has 1 aromatic carbocycles. The fourth-order valence-electron chi connectivity index (χ4n) is 1.93. The van der Waals surface area contributed by atoms with Crippen molar-refractivity contribution in [3.05, 3.63) is 41.5 Å². The lowest BCUT2D eigenvalue weighted by Crippen LogP contribution is -2.20. The molecule has 0 spiro atoms. The van der Waals surface area contributed by atoms with Crippen LogP contribution >= 0.6 is 0 Å². The third kappa shape index (κ3) is 4.72. The van der Waals surface area contributed by atoms with Gasteiger partial charge in [-0.15, -0.1) is 0 Å². The van der Waals surface area contributed by atoms with Crippen LogP contribution in [0.15, 0.2) is 28.8 Å². The first-order valence-corrected chi connectivity index (χ1v) is 7.37. The number of alkyl halides is 2. The van der Waals surface area contributed by atoms with Crippen molar-refractivity contribution in [1.82, 2.24) is 15.5 Å². The van der Waals surface area contributed by atoms with Gasteiger partial charge in [-0.3, -0.25) is 0 Å². The van der Waals surface area contributed by atoms with E-state index in [1.54, 1.807) is 18.2 Å². The average molecular weight is 325 g/mol. The van der Waals surface area contributed by atoms with Crippen molar-refractivity contribution in [3.63, 3.8) is 0 Å². The quantitative estimate of drug-likeness (QED) is 0.875. The standard InChI is InChI=1S/C16H21F2N3O2/c1-10(13-20-14(21-23-13)16(2,3)4)19-9-11-7-5-6-8-12(11)22-15(17)18/h5-8,10,15,19H,9H2,1-4H3. The van der Waals surface area contributed by atoms with E-state index in [0.29, 0.717) is 23.8 Å². The van der Waals surface area contributed by atoms with Crippen molar-refractivity contribution in [3.8, 4) is 5.75 Å². The van der Waals surface area contributed by atoms with E-state index < -0.39 is 6.61 Å². The van der Waals surface area contributed by atoms with Crippen molar-refractivity contribution in [1.29, 1.82) is 0 Å². The maximum Gasteiger partial charge on any atom is 0.387 e. The summed E-state index contributed by atoms with van der Waals surface area (Å²) in [6.07, 6.45) is 0. The first-order valence-electron chi connectivity index (χ1n) is 7.37. The van der Waals surface area contributed by atoms with Crippen molar-refractivity contribution in [2.24, 2.45) is 0 Å². The topological polar surface area (TPSA) is 60.2 Å². The van der Waals surface area contributed by atoms with Gasteiger partial charge in [-0.1, -0.05) is 44.1 Å². The highest BCUT2D eigenvalue weighted by molar-refractivity contribution is 5.33. The lowest BCUT2D eigenvalue weighted by molar-refractivity contribution is -0.0505. The number of rotatable bonds is 6. The molecule has 1 N–H and O–H groups in total. The molecule has 0 bridgehead atoms. The monoisotopic (exact) mass is 325 g/mol. The summed E-state index contributed by atoms with van der Waals surface area (Å²) in [5.41, 5.74) is 0.439. The lowest BCUT2D eigenvalue weighted by Gasteiger charge is -2.14. The van der Waals surface area contributed by atoms with E-state index >= 15 is 0 Å². The van der Waals surface area contributed by atoms with Gasteiger partial charge < -0.3 is 14.6 Å². The van der Waals surface area contributed by atoms with E-state index in [1.165, 1.54) is 6.07 Å². The molecule has 0 saturated carbocycles. The zero-order chi connectivity index (χ0) is 17.0. The molecule has 23 heavy (non-hydrogen) atoms. The fraction of sp³-hybridized carbons (Fsp3) is 0.500. The highest BCUT2D eigenvalue weighted by Crippen LogP contribution is 2.23. The van der Waals surface area contributed by atoms with Gasteiger partial charge in [0.2, 0.25) is 5.89 Å². The normalized spacial score (nSPS) is 13.3. The average Bonchev–Trinajstić information content (AvgIpc) is 2.95. The van der Waals surface area contributed by atoms with Gasteiger partial charge in [0.25, 0.3) is 0 Å². The summed E-state index contributed by atoms with van der Waals surface area (Å²) in [4.78, 5) is 4.37. The van der Waals surface area contributed by atoms with Gasteiger partial charge in [0.15, 0.2) is 5.82 Å². The second-order valence-corrected chi connectivity index (χ2v) is 6.30. The third-order valence-corrected chi connectivity index (χ3v) is 3.27. The first-order chi connectivity index (χ1) is 10.8. The van der Waals surface area contributed by atoms with Gasteiger partial charge in [0.1, 0.15) is 5.75 Å². The molecule has 0 fully saturated rings. The number of nitrogens with zero attached hydrogens (tertiary/aromatic N) is 2. The Morgan fingerprint density at radius 3 is 2.57 bits per heavy atom. The highest BCUT2D eigenvalue weighted by atomic mass is 19.3. The third-order valence-electron chi connectivity index (χ3n) is 3.27. The zero-order valence-electron chi connectivity index (χ0n) is 13.6. The molecular formula is C16H21F2N3O2. The van der Waals surface area contributed by atoms with Crippen molar-refractivity contribution in [2.75, 3.05) is 0 Å². The Morgan fingerprint density at radius 2 is 1.96 bits per heavy atom. The molecule has 7 heteroatoms. The molecule has 0 radical (unpaired) electrons. The van der Waals surface area contributed by atoms with Crippen LogP contribution in [-0.2, 0) is 12.0 Å². The smallest absolute Gasteiger partial charge is 0.387 e. The van der Waals surface area contributed by atoms with E-state index in [2.05, 4.69) is 20.2 Å². The van der Waals surface area contributed by atoms with Crippen LogP contribution in [0.4, 0.5) is 8.78 Å². The molecule has 1 aromatic heterocycles. The SMILES string of the molecule is CC(NCc1ccccc1OC(F)F)c1nc(C(C)(C)C)no1. The zero-order valence-corrected chi connectivity index (χ0v) is 13.6. The molecule has 0 saturated heterocycles. The van der Waals surface area contributed by atoms with Gasteiger partial charge in [-0.25, -0.2) is 0 Å². The summed E-state index contributed by atoms with van der Waals surface area (Å²) >= 11 is 0. The van der Waals surface area contributed by atoms with Gasteiger partial charge >= 0.3 is 6.61 Å².